The van der Waals surface area contributed by atoms with Crippen LogP contribution in [0.15, 0.2) is 41.3 Å². The Bertz CT molecular complexity index is 507. The van der Waals surface area contributed by atoms with Gasteiger partial charge >= 0.3 is 0 Å². The van der Waals surface area contributed by atoms with E-state index >= 15 is 0 Å². The zero-order valence-electron chi connectivity index (χ0n) is 7.20. The number of benzene rings is 1. The highest BCUT2D eigenvalue weighted by atomic mass is 19.1. The van der Waals surface area contributed by atoms with Gasteiger partial charge in [-0.2, -0.15) is 5.10 Å². The fourth-order valence-electron chi connectivity index (χ4n) is 1.18. The minimum atomic E-state index is -0.341. The molecular weight excluding hydrogens is 183 g/mol. The predicted octanol–water partition coefficient (Wildman–Crippen LogP) is 1.58. The number of H-pyrrole nitrogens is 1. The first-order valence-corrected chi connectivity index (χ1v) is 4.06. The van der Waals surface area contributed by atoms with Gasteiger partial charge in [-0.15, -0.1) is 0 Å². The molecule has 0 amide bonds. The summed E-state index contributed by atoms with van der Waals surface area (Å²) in [6, 6.07) is 7.35. The maximum absolute atomic E-state index is 12.8. The van der Waals surface area contributed by atoms with Crippen LogP contribution in [0.4, 0.5) is 4.39 Å². The minimum Gasteiger partial charge on any atom is -0.288 e. The SMILES string of the molecule is O=c1cn[nH]c(-c2cccc(F)c2)c1. The van der Waals surface area contributed by atoms with Gasteiger partial charge in [0.1, 0.15) is 5.82 Å². The topological polar surface area (TPSA) is 45.8 Å². The molecule has 0 saturated carbocycles. The molecule has 0 saturated heterocycles. The molecule has 1 N–H and O–H groups in total. The third kappa shape index (κ3) is 1.69. The van der Waals surface area contributed by atoms with Gasteiger partial charge in [0, 0.05) is 11.6 Å². The van der Waals surface area contributed by atoms with Crippen LogP contribution in [0.1, 0.15) is 0 Å². The standard InChI is InChI=1S/C10H7FN2O/c11-8-3-1-2-7(4-8)10-5-9(14)6-12-13-10/h1-6H,(H,13,14). The van der Waals surface area contributed by atoms with Gasteiger partial charge in [-0.1, -0.05) is 12.1 Å². The van der Waals surface area contributed by atoms with Gasteiger partial charge in [0.05, 0.1) is 11.9 Å². The molecule has 2 rings (SSSR count). The van der Waals surface area contributed by atoms with Crippen LogP contribution in [0.5, 0.6) is 0 Å². The monoisotopic (exact) mass is 190 g/mol. The lowest BCUT2D eigenvalue weighted by molar-refractivity contribution is 0.628. The summed E-state index contributed by atoms with van der Waals surface area (Å²) in [5.74, 6) is -0.341. The molecule has 0 unspecified atom stereocenters. The second-order valence-corrected chi connectivity index (χ2v) is 2.84. The van der Waals surface area contributed by atoms with Gasteiger partial charge in [0.15, 0.2) is 0 Å². The van der Waals surface area contributed by atoms with Crippen molar-refractivity contribution >= 4 is 0 Å². The van der Waals surface area contributed by atoms with E-state index in [1.165, 1.54) is 24.4 Å². The molecule has 70 valence electrons. The van der Waals surface area contributed by atoms with E-state index in [1.54, 1.807) is 12.1 Å². The average molecular weight is 190 g/mol. The molecular formula is C10H7FN2O. The number of nitrogens with one attached hydrogen (secondary N) is 1. The summed E-state index contributed by atoms with van der Waals surface area (Å²) in [6.07, 6.45) is 1.17. The lowest BCUT2D eigenvalue weighted by atomic mass is 10.1. The van der Waals surface area contributed by atoms with Crippen molar-refractivity contribution in [2.45, 2.75) is 0 Å². The Morgan fingerprint density at radius 2 is 2.14 bits per heavy atom. The molecule has 0 aliphatic carbocycles. The number of halogens is 1. The van der Waals surface area contributed by atoms with Gasteiger partial charge in [-0.05, 0) is 12.1 Å². The third-order valence-electron chi connectivity index (χ3n) is 1.80. The van der Waals surface area contributed by atoms with E-state index < -0.39 is 0 Å². The number of aromatic amines is 1. The molecule has 0 bridgehead atoms. The van der Waals surface area contributed by atoms with Crippen molar-refractivity contribution in [2.75, 3.05) is 0 Å². The van der Waals surface area contributed by atoms with Crippen molar-refractivity contribution in [3.63, 3.8) is 0 Å². The molecule has 4 heteroatoms. The van der Waals surface area contributed by atoms with E-state index in [0.717, 1.165) is 0 Å². The van der Waals surface area contributed by atoms with Gasteiger partial charge in [-0.3, -0.25) is 9.89 Å². The zero-order valence-corrected chi connectivity index (χ0v) is 7.20. The van der Waals surface area contributed by atoms with Crippen molar-refractivity contribution in [3.8, 4) is 11.3 Å². The van der Waals surface area contributed by atoms with Crippen molar-refractivity contribution in [3.05, 3.63) is 52.6 Å². The first-order valence-electron chi connectivity index (χ1n) is 4.06. The molecule has 2 aromatic rings. The summed E-state index contributed by atoms with van der Waals surface area (Å²) < 4.78 is 12.8. The Morgan fingerprint density at radius 3 is 2.86 bits per heavy atom. The second-order valence-electron chi connectivity index (χ2n) is 2.84. The number of nitrogens with zero attached hydrogens (tertiary/aromatic N) is 1. The van der Waals surface area contributed by atoms with Crippen molar-refractivity contribution in [1.82, 2.24) is 10.2 Å². The van der Waals surface area contributed by atoms with Crippen LogP contribution in [0.2, 0.25) is 0 Å². The summed E-state index contributed by atoms with van der Waals surface area (Å²) >= 11 is 0. The smallest absolute Gasteiger partial charge is 0.200 e. The fraction of sp³-hybridized carbons (Fsp3) is 0. The Morgan fingerprint density at radius 1 is 1.29 bits per heavy atom. The van der Waals surface area contributed by atoms with E-state index in [4.69, 9.17) is 0 Å². The van der Waals surface area contributed by atoms with Crippen LogP contribution in [0.3, 0.4) is 0 Å². The first kappa shape index (κ1) is 8.62. The summed E-state index contributed by atoms with van der Waals surface area (Å²) in [5, 5.41) is 6.27. The van der Waals surface area contributed by atoms with Gasteiger partial charge < -0.3 is 0 Å². The minimum absolute atomic E-state index is 0.206. The zero-order chi connectivity index (χ0) is 9.97. The number of hydrogen-bond acceptors (Lipinski definition) is 2. The molecule has 1 aromatic carbocycles. The molecule has 0 aliphatic heterocycles. The number of aromatic nitrogens is 2. The van der Waals surface area contributed by atoms with Crippen molar-refractivity contribution in [2.24, 2.45) is 0 Å². The Balaban J connectivity index is 2.55. The van der Waals surface area contributed by atoms with Crippen LogP contribution in [0, 0.1) is 5.82 Å². The van der Waals surface area contributed by atoms with Crippen LogP contribution < -0.4 is 5.43 Å². The lowest BCUT2D eigenvalue weighted by Gasteiger charge is -1.99. The van der Waals surface area contributed by atoms with Gasteiger partial charge in [-0.25, -0.2) is 4.39 Å². The Kier molecular flexibility index (Phi) is 2.10. The summed E-state index contributed by atoms with van der Waals surface area (Å²) in [5.41, 5.74) is 0.912. The van der Waals surface area contributed by atoms with E-state index in [9.17, 15) is 9.18 Å². The molecule has 1 heterocycles. The van der Waals surface area contributed by atoms with Gasteiger partial charge in [0.25, 0.3) is 0 Å². The predicted molar refractivity (Wildman–Crippen MR) is 50.3 cm³/mol. The van der Waals surface area contributed by atoms with Crippen LogP contribution in [0.25, 0.3) is 11.3 Å². The Labute approximate surface area is 79.2 Å². The molecule has 0 atom stereocenters. The highest BCUT2D eigenvalue weighted by Crippen LogP contribution is 2.14. The quantitative estimate of drug-likeness (QED) is 0.741. The molecule has 14 heavy (non-hydrogen) atoms. The summed E-state index contributed by atoms with van der Waals surface area (Å²) in [6.45, 7) is 0. The average Bonchev–Trinajstić information content (AvgIpc) is 2.18. The van der Waals surface area contributed by atoms with Crippen molar-refractivity contribution < 1.29 is 4.39 Å². The molecule has 3 nitrogen and oxygen atoms in total. The second kappa shape index (κ2) is 3.41. The molecule has 0 aliphatic rings. The highest BCUT2D eigenvalue weighted by molar-refractivity contribution is 5.57. The van der Waals surface area contributed by atoms with E-state index in [-0.39, 0.29) is 11.2 Å². The van der Waals surface area contributed by atoms with Crippen LogP contribution in [-0.4, -0.2) is 10.2 Å². The maximum atomic E-state index is 12.8. The van der Waals surface area contributed by atoms with E-state index in [1.807, 2.05) is 0 Å². The first-order chi connectivity index (χ1) is 6.75. The lowest BCUT2D eigenvalue weighted by Crippen LogP contribution is -2.01. The molecule has 0 spiro atoms. The van der Waals surface area contributed by atoms with E-state index in [2.05, 4.69) is 10.2 Å². The van der Waals surface area contributed by atoms with Crippen LogP contribution in [-0.2, 0) is 0 Å². The number of hydrogen-bond donors (Lipinski definition) is 1. The normalized spacial score (nSPS) is 10.1. The number of rotatable bonds is 1. The summed E-state index contributed by atoms with van der Waals surface area (Å²) in [7, 11) is 0. The van der Waals surface area contributed by atoms with E-state index in [0.29, 0.717) is 11.3 Å². The highest BCUT2D eigenvalue weighted by Gasteiger charge is 1.99. The fourth-order valence-corrected chi connectivity index (χ4v) is 1.18. The molecule has 0 fully saturated rings. The summed E-state index contributed by atoms with van der Waals surface area (Å²) in [4.78, 5) is 11.0. The largest absolute Gasteiger partial charge is 0.288 e. The van der Waals surface area contributed by atoms with Gasteiger partial charge in [0.2, 0.25) is 5.43 Å². The molecule has 0 radical (unpaired) electrons. The molecule has 1 aromatic heterocycles. The van der Waals surface area contributed by atoms with Crippen LogP contribution >= 0.6 is 0 Å². The Hall–Kier alpha value is -1.97. The maximum Gasteiger partial charge on any atom is 0.200 e. The van der Waals surface area contributed by atoms with Crippen molar-refractivity contribution in [1.29, 1.82) is 0 Å². The third-order valence-corrected chi connectivity index (χ3v) is 1.80.